The molecule has 2 heterocycles. The van der Waals surface area contributed by atoms with Gasteiger partial charge in [0, 0.05) is 12.3 Å². The first-order valence-electron chi connectivity index (χ1n) is 12.5. The molecule has 5 aromatic rings. The van der Waals surface area contributed by atoms with Crippen molar-refractivity contribution in [3.05, 3.63) is 89.7 Å². The van der Waals surface area contributed by atoms with E-state index in [1.165, 1.54) is 5.56 Å². The summed E-state index contributed by atoms with van der Waals surface area (Å²) < 4.78 is 15.0. The molecule has 39 heavy (non-hydrogen) atoms. The van der Waals surface area contributed by atoms with Crippen LogP contribution in [0.4, 0.5) is 0 Å². The Balaban J connectivity index is 1.08. The first-order chi connectivity index (χ1) is 19.2. The maximum atomic E-state index is 6.02. The fraction of sp³-hybridized carbons (Fsp3) is 0.259. The van der Waals surface area contributed by atoms with Crippen molar-refractivity contribution >= 4 is 11.8 Å². The second-order valence-electron chi connectivity index (χ2n) is 8.70. The van der Waals surface area contributed by atoms with Crippen LogP contribution in [-0.4, -0.2) is 59.8 Å². The number of thioether (sulfide) groups is 1. The van der Waals surface area contributed by atoms with Crippen LogP contribution in [0, 0.1) is 6.92 Å². The molecular formula is C27H29N9O2S. The van der Waals surface area contributed by atoms with Crippen molar-refractivity contribution in [1.82, 2.24) is 45.7 Å². The molecule has 0 amide bonds. The predicted octanol–water partition coefficient (Wildman–Crippen LogP) is 3.81. The Hall–Kier alpha value is -4.29. The zero-order chi connectivity index (χ0) is 26.9. The zero-order valence-electron chi connectivity index (χ0n) is 21.8. The highest BCUT2D eigenvalue weighted by molar-refractivity contribution is 7.99. The smallest absolute Gasteiger partial charge is 0.214 e. The Morgan fingerprint density at radius 3 is 2.44 bits per heavy atom. The topological polar surface area (TPSA) is 118 Å². The number of hydrogen-bond acceptors (Lipinski definition) is 10. The molecule has 11 nitrogen and oxygen atoms in total. The van der Waals surface area contributed by atoms with Gasteiger partial charge in [0.1, 0.15) is 0 Å². The van der Waals surface area contributed by atoms with Crippen LogP contribution in [0.25, 0.3) is 11.4 Å². The number of aryl methyl sites for hydroxylation is 1. The number of benzene rings is 3. The summed E-state index contributed by atoms with van der Waals surface area (Å²) in [5.41, 5.74) is 4.11. The second-order valence-corrected chi connectivity index (χ2v) is 9.77. The first-order valence-corrected chi connectivity index (χ1v) is 13.5. The lowest BCUT2D eigenvalue weighted by Gasteiger charge is -2.13. The van der Waals surface area contributed by atoms with Crippen molar-refractivity contribution < 1.29 is 9.47 Å². The summed E-state index contributed by atoms with van der Waals surface area (Å²) in [5.74, 6) is 2.79. The molecule has 0 spiro atoms. The normalized spacial score (nSPS) is 11.0. The number of ether oxygens (including phenoxy) is 2. The monoisotopic (exact) mass is 543 g/mol. The first kappa shape index (κ1) is 26.3. The molecule has 0 saturated carbocycles. The van der Waals surface area contributed by atoms with Gasteiger partial charge in [-0.15, -0.1) is 10.2 Å². The van der Waals surface area contributed by atoms with Crippen molar-refractivity contribution in [1.29, 1.82) is 0 Å². The van der Waals surface area contributed by atoms with Crippen LogP contribution in [-0.2, 0) is 13.2 Å². The number of para-hydroxylation sites is 1. The van der Waals surface area contributed by atoms with Crippen LogP contribution in [0.2, 0.25) is 0 Å². The molecule has 5 rings (SSSR count). The number of aromatic nitrogens is 8. The average Bonchev–Trinajstić information content (AvgIpc) is 3.65. The van der Waals surface area contributed by atoms with E-state index in [-0.39, 0.29) is 6.61 Å². The Bertz CT molecular complexity index is 1470. The SMILES string of the molecule is COc1cc(CNCCCSc2nnnn2-c2ccccc2)ccc1OCc1nnnn1-c1ccc(C)cc1. The van der Waals surface area contributed by atoms with Gasteiger partial charge in [0.15, 0.2) is 23.9 Å². The van der Waals surface area contributed by atoms with Crippen LogP contribution < -0.4 is 14.8 Å². The number of hydrogen-bond donors (Lipinski definition) is 1. The van der Waals surface area contributed by atoms with Gasteiger partial charge in [-0.3, -0.25) is 0 Å². The van der Waals surface area contributed by atoms with E-state index in [0.717, 1.165) is 40.8 Å². The molecule has 0 bridgehead atoms. The van der Waals surface area contributed by atoms with Crippen molar-refractivity contribution in [2.24, 2.45) is 0 Å². The zero-order valence-corrected chi connectivity index (χ0v) is 22.6. The lowest BCUT2D eigenvalue weighted by Crippen LogP contribution is -2.15. The van der Waals surface area contributed by atoms with Gasteiger partial charge in [0.2, 0.25) is 5.16 Å². The van der Waals surface area contributed by atoms with Crippen LogP contribution in [0.1, 0.15) is 23.4 Å². The summed E-state index contributed by atoms with van der Waals surface area (Å²) in [7, 11) is 1.63. The van der Waals surface area contributed by atoms with Gasteiger partial charge in [-0.05, 0) is 82.7 Å². The highest BCUT2D eigenvalue weighted by Crippen LogP contribution is 2.29. The summed E-state index contributed by atoms with van der Waals surface area (Å²) in [4.78, 5) is 0. The highest BCUT2D eigenvalue weighted by Gasteiger charge is 2.12. The molecular weight excluding hydrogens is 514 g/mol. The van der Waals surface area contributed by atoms with E-state index in [1.807, 2.05) is 79.7 Å². The minimum absolute atomic E-state index is 0.208. The summed E-state index contributed by atoms with van der Waals surface area (Å²) in [6, 6.07) is 23.8. The molecule has 0 aliphatic rings. The van der Waals surface area contributed by atoms with Crippen molar-refractivity contribution in [2.45, 2.75) is 31.7 Å². The molecule has 3 aromatic carbocycles. The van der Waals surface area contributed by atoms with Crippen molar-refractivity contribution in [3.8, 4) is 22.9 Å². The van der Waals surface area contributed by atoms with E-state index in [2.05, 4.69) is 36.4 Å². The van der Waals surface area contributed by atoms with Gasteiger partial charge in [-0.1, -0.05) is 53.7 Å². The summed E-state index contributed by atoms with van der Waals surface area (Å²) in [6.07, 6.45) is 0.973. The quantitative estimate of drug-likeness (QED) is 0.173. The maximum absolute atomic E-state index is 6.02. The summed E-state index contributed by atoms with van der Waals surface area (Å²) in [5, 5.41) is 28.4. The standard InChI is InChI=1S/C27H29N9O2S/c1-20-9-12-23(13-10-20)35-26(29-31-33-35)19-38-24-14-11-21(17-25(24)37-2)18-28-15-6-16-39-27-30-32-34-36(27)22-7-4-3-5-8-22/h3-5,7-14,17,28H,6,15-16,18-19H2,1-2H3. The minimum atomic E-state index is 0.208. The third-order valence-electron chi connectivity index (χ3n) is 5.90. The lowest BCUT2D eigenvalue weighted by atomic mass is 10.2. The molecule has 0 atom stereocenters. The fourth-order valence-electron chi connectivity index (χ4n) is 3.86. The molecule has 200 valence electrons. The van der Waals surface area contributed by atoms with Gasteiger partial charge in [0.05, 0.1) is 18.5 Å². The molecule has 0 saturated heterocycles. The largest absolute Gasteiger partial charge is 0.493 e. The number of tetrazole rings is 2. The van der Waals surface area contributed by atoms with E-state index in [1.54, 1.807) is 28.2 Å². The van der Waals surface area contributed by atoms with Gasteiger partial charge in [0.25, 0.3) is 0 Å². The van der Waals surface area contributed by atoms with Crippen LogP contribution in [0.3, 0.4) is 0 Å². The maximum Gasteiger partial charge on any atom is 0.214 e. The highest BCUT2D eigenvalue weighted by atomic mass is 32.2. The van der Waals surface area contributed by atoms with Crippen LogP contribution in [0.15, 0.2) is 78.0 Å². The molecule has 0 fully saturated rings. The van der Waals surface area contributed by atoms with E-state index in [4.69, 9.17) is 9.47 Å². The third kappa shape index (κ3) is 6.78. The number of methoxy groups -OCH3 is 1. The molecule has 2 aromatic heterocycles. The van der Waals surface area contributed by atoms with Crippen LogP contribution in [0.5, 0.6) is 11.5 Å². The molecule has 12 heteroatoms. The third-order valence-corrected chi connectivity index (χ3v) is 6.90. The van der Waals surface area contributed by atoms with Crippen molar-refractivity contribution in [3.63, 3.8) is 0 Å². The summed E-state index contributed by atoms with van der Waals surface area (Å²) in [6.45, 7) is 3.83. The van der Waals surface area contributed by atoms with Gasteiger partial charge >= 0.3 is 0 Å². The number of nitrogens with zero attached hydrogens (tertiary/aromatic N) is 8. The van der Waals surface area contributed by atoms with Gasteiger partial charge < -0.3 is 14.8 Å². The van der Waals surface area contributed by atoms with Gasteiger partial charge in [-0.25, -0.2) is 0 Å². The second kappa shape index (κ2) is 13.0. The Labute approximate surface area is 230 Å². The van der Waals surface area contributed by atoms with E-state index < -0.39 is 0 Å². The Kier molecular flexibility index (Phi) is 8.76. The summed E-state index contributed by atoms with van der Waals surface area (Å²) >= 11 is 1.64. The molecule has 0 aliphatic carbocycles. The van der Waals surface area contributed by atoms with Crippen LogP contribution >= 0.6 is 11.8 Å². The molecule has 1 N–H and O–H groups in total. The average molecular weight is 544 g/mol. The fourth-order valence-corrected chi connectivity index (χ4v) is 4.69. The minimum Gasteiger partial charge on any atom is -0.493 e. The molecule has 0 unspecified atom stereocenters. The lowest BCUT2D eigenvalue weighted by molar-refractivity contribution is 0.273. The Morgan fingerprint density at radius 1 is 0.846 bits per heavy atom. The molecule has 0 aliphatic heterocycles. The van der Waals surface area contributed by atoms with E-state index in [9.17, 15) is 0 Å². The van der Waals surface area contributed by atoms with E-state index in [0.29, 0.717) is 23.9 Å². The predicted molar refractivity (Wildman–Crippen MR) is 147 cm³/mol. The molecule has 0 radical (unpaired) electrons. The van der Waals surface area contributed by atoms with Gasteiger partial charge in [-0.2, -0.15) is 9.36 Å². The van der Waals surface area contributed by atoms with E-state index >= 15 is 0 Å². The number of rotatable bonds is 13. The Morgan fingerprint density at radius 2 is 1.62 bits per heavy atom. The number of nitrogens with one attached hydrogen (secondary N) is 1. The van der Waals surface area contributed by atoms with Crippen molar-refractivity contribution in [2.75, 3.05) is 19.4 Å².